The summed E-state index contributed by atoms with van der Waals surface area (Å²) in [6, 6.07) is 15.9. The van der Waals surface area contributed by atoms with Gasteiger partial charge in [-0.3, -0.25) is 4.79 Å². The van der Waals surface area contributed by atoms with E-state index in [4.69, 9.17) is 4.74 Å². The molecule has 0 saturated carbocycles. The Morgan fingerprint density at radius 2 is 1.84 bits per heavy atom. The van der Waals surface area contributed by atoms with E-state index in [-0.39, 0.29) is 24.7 Å². The predicted octanol–water partition coefficient (Wildman–Crippen LogP) is 3.00. The number of rotatable bonds is 8. The van der Waals surface area contributed by atoms with Gasteiger partial charge in [-0.05, 0) is 29.2 Å². The van der Waals surface area contributed by atoms with Crippen LogP contribution < -0.4 is 10.1 Å². The number of amides is 1. The zero-order chi connectivity index (χ0) is 18.2. The van der Waals surface area contributed by atoms with Gasteiger partial charge in [0.05, 0.1) is 7.11 Å². The number of carboxylic acid groups (broad SMARTS) is 1. The Labute approximate surface area is 147 Å². The predicted molar refractivity (Wildman–Crippen MR) is 95.7 cm³/mol. The number of carbonyl (C=O) groups is 2. The maximum atomic E-state index is 12.3. The fourth-order valence-corrected chi connectivity index (χ4v) is 2.65. The molecule has 1 amide bonds. The van der Waals surface area contributed by atoms with Crippen molar-refractivity contribution >= 4 is 11.9 Å². The molecule has 2 aromatic carbocycles. The average molecular weight is 341 g/mol. The van der Waals surface area contributed by atoms with Crippen molar-refractivity contribution in [3.8, 4) is 5.75 Å². The topological polar surface area (TPSA) is 75.6 Å². The van der Waals surface area contributed by atoms with E-state index in [2.05, 4.69) is 5.32 Å². The highest BCUT2D eigenvalue weighted by Gasteiger charge is 2.21. The molecule has 0 bridgehead atoms. The third kappa shape index (κ3) is 5.64. The van der Waals surface area contributed by atoms with Crippen LogP contribution in [-0.2, 0) is 16.0 Å². The summed E-state index contributed by atoms with van der Waals surface area (Å²) >= 11 is 0. The molecule has 0 heterocycles. The zero-order valence-electron chi connectivity index (χ0n) is 14.4. The van der Waals surface area contributed by atoms with Crippen LogP contribution in [0.2, 0.25) is 0 Å². The number of benzene rings is 2. The van der Waals surface area contributed by atoms with Crippen LogP contribution in [0, 0.1) is 0 Å². The summed E-state index contributed by atoms with van der Waals surface area (Å²) in [6.45, 7) is 1.93. The molecule has 0 fully saturated rings. The Kier molecular flexibility index (Phi) is 6.57. The van der Waals surface area contributed by atoms with Gasteiger partial charge in [-0.1, -0.05) is 49.4 Å². The summed E-state index contributed by atoms with van der Waals surface area (Å²) in [5, 5.41) is 12.0. The summed E-state index contributed by atoms with van der Waals surface area (Å²) in [7, 11) is 1.59. The van der Waals surface area contributed by atoms with E-state index in [1.807, 2.05) is 61.5 Å². The highest BCUT2D eigenvalue weighted by molar-refractivity contribution is 5.84. The van der Waals surface area contributed by atoms with Crippen molar-refractivity contribution < 1.29 is 19.4 Å². The first-order valence-electron chi connectivity index (χ1n) is 8.19. The number of carboxylic acids is 1. The average Bonchev–Trinajstić information content (AvgIpc) is 2.62. The molecule has 0 radical (unpaired) electrons. The van der Waals surface area contributed by atoms with Gasteiger partial charge in [0.1, 0.15) is 11.8 Å². The second-order valence-electron chi connectivity index (χ2n) is 6.03. The van der Waals surface area contributed by atoms with Gasteiger partial charge in [0, 0.05) is 12.8 Å². The van der Waals surface area contributed by atoms with Crippen LogP contribution in [0.15, 0.2) is 54.6 Å². The largest absolute Gasteiger partial charge is 0.497 e. The van der Waals surface area contributed by atoms with Crippen LogP contribution in [0.1, 0.15) is 30.4 Å². The van der Waals surface area contributed by atoms with Gasteiger partial charge in [-0.2, -0.15) is 0 Å². The SMILES string of the molecule is COc1cccc(C(C)CC(=O)N[C@@H](Cc2ccccc2)C(=O)O)c1. The van der Waals surface area contributed by atoms with Crippen molar-refractivity contribution in [2.45, 2.75) is 31.7 Å². The summed E-state index contributed by atoms with van der Waals surface area (Å²) in [6.07, 6.45) is 0.473. The third-order valence-corrected chi connectivity index (χ3v) is 4.07. The number of nitrogens with one attached hydrogen (secondary N) is 1. The molecule has 5 heteroatoms. The molecule has 1 unspecified atom stereocenters. The quantitative estimate of drug-likeness (QED) is 0.774. The van der Waals surface area contributed by atoms with E-state index in [0.717, 1.165) is 16.9 Å². The van der Waals surface area contributed by atoms with Gasteiger partial charge in [-0.15, -0.1) is 0 Å². The molecule has 2 atom stereocenters. The number of hydrogen-bond acceptors (Lipinski definition) is 3. The van der Waals surface area contributed by atoms with Crippen LogP contribution >= 0.6 is 0 Å². The standard InChI is InChI=1S/C20H23NO4/c1-14(16-9-6-10-17(13-16)25-2)11-19(22)21-18(20(23)24)12-15-7-4-3-5-8-15/h3-10,13-14,18H,11-12H2,1-2H3,(H,21,22)(H,23,24)/t14?,18-/m0/s1. The zero-order valence-corrected chi connectivity index (χ0v) is 14.4. The molecule has 2 rings (SSSR count). The minimum atomic E-state index is -1.04. The van der Waals surface area contributed by atoms with E-state index < -0.39 is 12.0 Å². The molecule has 132 valence electrons. The van der Waals surface area contributed by atoms with E-state index in [1.165, 1.54) is 0 Å². The maximum Gasteiger partial charge on any atom is 0.326 e. The molecular weight excluding hydrogens is 318 g/mol. The highest BCUT2D eigenvalue weighted by Crippen LogP contribution is 2.23. The first-order valence-corrected chi connectivity index (χ1v) is 8.19. The van der Waals surface area contributed by atoms with Gasteiger partial charge in [0.2, 0.25) is 5.91 Å². The van der Waals surface area contributed by atoms with Crippen molar-refractivity contribution in [2.75, 3.05) is 7.11 Å². The minimum Gasteiger partial charge on any atom is -0.497 e. The van der Waals surface area contributed by atoms with Crippen molar-refractivity contribution in [1.82, 2.24) is 5.32 Å². The lowest BCUT2D eigenvalue weighted by molar-refractivity contribution is -0.141. The second-order valence-corrected chi connectivity index (χ2v) is 6.03. The van der Waals surface area contributed by atoms with Crippen molar-refractivity contribution in [3.63, 3.8) is 0 Å². The maximum absolute atomic E-state index is 12.3. The molecule has 0 aliphatic rings. The lowest BCUT2D eigenvalue weighted by Gasteiger charge is -2.17. The summed E-state index contributed by atoms with van der Waals surface area (Å²) < 4.78 is 5.19. The Hall–Kier alpha value is -2.82. The van der Waals surface area contributed by atoms with Crippen molar-refractivity contribution in [1.29, 1.82) is 0 Å². The summed E-state index contributed by atoms with van der Waals surface area (Å²) in [5.41, 5.74) is 1.85. The second kappa shape index (κ2) is 8.87. The Bertz CT molecular complexity index is 715. The monoisotopic (exact) mass is 341 g/mol. The van der Waals surface area contributed by atoms with Gasteiger partial charge < -0.3 is 15.2 Å². The number of aliphatic carboxylic acids is 1. The number of methoxy groups -OCH3 is 1. The lowest BCUT2D eigenvalue weighted by atomic mass is 9.97. The van der Waals surface area contributed by atoms with Crippen LogP contribution in [0.3, 0.4) is 0 Å². The van der Waals surface area contributed by atoms with E-state index in [1.54, 1.807) is 7.11 Å². The van der Waals surface area contributed by atoms with Gasteiger partial charge in [-0.25, -0.2) is 4.79 Å². The number of carbonyl (C=O) groups excluding carboxylic acids is 1. The third-order valence-electron chi connectivity index (χ3n) is 4.07. The van der Waals surface area contributed by atoms with Crippen LogP contribution in [-0.4, -0.2) is 30.1 Å². The van der Waals surface area contributed by atoms with Crippen molar-refractivity contribution in [3.05, 3.63) is 65.7 Å². The molecular formula is C20H23NO4. The van der Waals surface area contributed by atoms with Gasteiger partial charge in [0.25, 0.3) is 0 Å². The smallest absolute Gasteiger partial charge is 0.326 e. The number of ether oxygens (including phenoxy) is 1. The summed E-state index contributed by atoms with van der Waals surface area (Å²) in [4.78, 5) is 23.7. The summed E-state index contributed by atoms with van der Waals surface area (Å²) in [5.74, 6) is -0.622. The van der Waals surface area contributed by atoms with Gasteiger partial charge in [0.15, 0.2) is 0 Å². The Balaban J connectivity index is 1.97. The normalized spacial score (nSPS) is 12.9. The number of hydrogen-bond donors (Lipinski definition) is 2. The molecule has 0 aromatic heterocycles. The van der Waals surface area contributed by atoms with Crippen LogP contribution in [0.25, 0.3) is 0 Å². The Morgan fingerprint density at radius 3 is 2.48 bits per heavy atom. The Morgan fingerprint density at radius 1 is 1.12 bits per heavy atom. The molecule has 25 heavy (non-hydrogen) atoms. The fraction of sp³-hybridized carbons (Fsp3) is 0.300. The van der Waals surface area contributed by atoms with Gasteiger partial charge >= 0.3 is 5.97 Å². The van der Waals surface area contributed by atoms with Crippen molar-refractivity contribution in [2.24, 2.45) is 0 Å². The lowest BCUT2D eigenvalue weighted by Crippen LogP contribution is -2.42. The molecule has 0 saturated heterocycles. The van der Waals surface area contributed by atoms with E-state index in [9.17, 15) is 14.7 Å². The van der Waals surface area contributed by atoms with Crippen LogP contribution in [0.4, 0.5) is 0 Å². The van der Waals surface area contributed by atoms with E-state index >= 15 is 0 Å². The van der Waals surface area contributed by atoms with E-state index in [0.29, 0.717) is 0 Å². The molecule has 0 aliphatic carbocycles. The fourth-order valence-electron chi connectivity index (χ4n) is 2.65. The first-order chi connectivity index (χ1) is 12.0. The molecule has 0 spiro atoms. The molecule has 5 nitrogen and oxygen atoms in total. The van der Waals surface area contributed by atoms with Crippen LogP contribution in [0.5, 0.6) is 5.75 Å². The molecule has 2 N–H and O–H groups in total. The molecule has 2 aromatic rings. The highest BCUT2D eigenvalue weighted by atomic mass is 16.5. The molecule has 0 aliphatic heterocycles. The minimum absolute atomic E-state index is 0.0405. The first kappa shape index (κ1) is 18.5.